The molecule has 0 saturated carbocycles. The molecule has 7 nitrogen and oxygen atoms in total. The van der Waals surface area contributed by atoms with Gasteiger partial charge in [-0.1, -0.05) is 40.9 Å². The Morgan fingerprint density at radius 2 is 1.91 bits per heavy atom. The fourth-order valence-corrected chi connectivity index (χ4v) is 3.69. The number of nitrogens with one attached hydrogen (secondary N) is 1. The van der Waals surface area contributed by atoms with Crippen LogP contribution in [0.1, 0.15) is 21.6 Å². The summed E-state index contributed by atoms with van der Waals surface area (Å²) in [7, 11) is 0. The van der Waals surface area contributed by atoms with Gasteiger partial charge < -0.3 is 10.1 Å². The maximum absolute atomic E-state index is 14.0. The molecule has 0 spiro atoms. The molecular weight excluding hydrogens is 492 g/mol. The Morgan fingerprint density at radius 1 is 1.09 bits per heavy atom. The number of anilines is 1. The minimum absolute atomic E-state index is 0.0528. The van der Waals surface area contributed by atoms with E-state index in [1.54, 1.807) is 30.5 Å². The first kappa shape index (κ1) is 23.1. The molecule has 0 atom stereocenters. The third-order valence-electron chi connectivity index (χ3n) is 4.69. The van der Waals surface area contributed by atoms with Gasteiger partial charge in [-0.3, -0.25) is 9.48 Å². The second-order valence-corrected chi connectivity index (χ2v) is 8.35. The fourth-order valence-electron chi connectivity index (χ4n) is 3.04. The molecule has 4 aromatic rings. The quantitative estimate of drug-likeness (QED) is 0.341. The molecule has 0 aliphatic carbocycles. The lowest BCUT2D eigenvalue weighted by molar-refractivity contribution is 0.101. The molecule has 0 saturated heterocycles. The highest BCUT2D eigenvalue weighted by Gasteiger charge is 2.16. The molecule has 0 bridgehead atoms. The second kappa shape index (κ2) is 9.82. The largest absolute Gasteiger partial charge is 0.471 e. The van der Waals surface area contributed by atoms with E-state index in [4.69, 9.17) is 39.5 Å². The van der Waals surface area contributed by atoms with Gasteiger partial charge in [0, 0.05) is 28.0 Å². The van der Waals surface area contributed by atoms with Crippen molar-refractivity contribution in [2.75, 3.05) is 5.32 Å². The van der Waals surface area contributed by atoms with Crippen molar-refractivity contribution < 1.29 is 13.9 Å². The summed E-state index contributed by atoms with van der Waals surface area (Å²) in [5, 5.41) is 12.1. The molecule has 0 radical (unpaired) electrons. The highest BCUT2D eigenvalue weighted by atomic mass is 35.5. The Balaban J connectivity index is 1.40. The van der Waals surface area contributed by atoms with E-state index in [-0.39, 0.29) is 40.4 Å². The molecule has 0 fully saturated rings. The molecule has 2 aromatic carbocycles. The Hall–Kier alpha value is -3.07. The number of carbonyl (C=O) groups is 1. The van der Waals surface area contributed by atoms with Crippen LogP contribution >= 0.6 is 34.8 Å². The van der Waals surface area contributed by atoms with Gasteiger partial charge in [0.05, 0.1) is 6.54 Å². The Labute approximate surface area is 203 Å². The molecule has 2 heterocycles. The fraction of sp³-hybridized carbons (Fsp3) is 0.136. The minimum Gasteiger partial charge on any atom is -0.471 e. The van der Waals surface area contributed by atoms with Crippen LogP contribution in [0.3, 0.4) is 0 Å². The summed E-state index contributed by atoms with van der Waals surface area (Å²) in [6.07, 6.45) is 3.08. The lowest BCUT2D eigenvalue weighted by Gasteiger charge is -2.09. The molecule has 4 rings (SSSR count). The van der Waals surface area contributed by atoms with Crippen LogP contribution in [0.25, 0.3) is 0 Å². The number of aromatic nitrogens is 4. The Kier molecular flexibility index (Phi) is 6.88. The molecule has 11 heteroatoms. The number of ether oxygens (including phenoxy) is 1. The van der Waals surface area contributed by atoms with E-state index in [1.807, 2.05) is 6.92 Å². The smallest absolute Gasteiger partial charge is 0.277 e. The van der Waals surface area contributed by atoms with Crippen molar-refractivity contribution in [3.8, 4) is 5.75 Å². The number of aryl methyl sites for hydroxylation is 1. The van der Waals surface area contributed by atoms with Crippen molar-refractivity contribution in [3.63, 3.8) is 0 Å². The average Bonchev–Trinajstić information content (AvgIpc) is 3.37. The van der Waals surface area contributed by atoms with Crippen LogP contribution in [0, 0.1) is 12.7 Å². The number of amides is 1. The molecule has 170 valence electrons. The SMILES string of the molecule is Cc1cc(Cl)ccc1OCn1ccc(C(=O)Nc2nn(Cc3c(F)cccc3Cl)cc2Cl)n1. The van der Waals surface area contributed by atoms with Crippen molar-refractivity contribution >= 4 is 46.5 Å². The summed E-state index contributed by atoms with van der Waals surface area (Å²) in [6.45, 7) is 2.04. The van der Waals surface area contributed by atoms with Crippen molar-refractivity contribution in [1.82, 2.24) is 19.6 Å². The van der Waals surface area contributed by atoms with Crippen LogP contribution < -0.4 is 10.1 Å². The van der Waals surface area contributed by atoms with Gasteiger partial charge in [0.25, 0.3) is 5.91 Å². The predicted molar refractivity (Wildman–Crippen MR) is 125 cm³/mol. The number of hydrogen-bond donors (Lipinski definition) is 1. The van der Waals surface area contributed by atoms with Gasteiger partial charge in [-0.25, -0.2) is 9.07 Å². The lowest BCUT2D eigenvalue weighted by atomic mass is 10.2. The minimum atomic E-state index is -0.507. The first-order valence-corrected chi connectivity index (χ1v) is 10.8. The molecule has 1 amide bonds. The Morgan fingerprint density at radius 3 is 2.67 bits per heavy atom. The first-order valence-electron chi connectivity index (χ1n) is 9.70. The predicted octanol–water partition coefficient (Wildman–Crippen LogP) is 5.82. The third kappa shape index (κ3) is 5.47. The highest BCUT2D eigenvalue weighted by Crippen LogP contribution is 2.24. The maximum Gasteiger partial charge on any atom is 0.277 e. The van der Waals surface area contributed by atoms with Crippen LogP contribution in [-0.4, -0.2) is 25.5 Å². The number of benzene rings is 2. The maximum atomic E-state index is 14.0. The monoisotopic (exact) mass is 507 g/mol. The van der Waals surface area contributed by atoms with Crippen LogP contribution in [0.4, 0.5) is 10.2 Å². The van der Waals surface area contributed by atoms with Crippen LogP contribution in [0.5, 0.6) is 5.75 Å². The van der Waals surface area contributed by atoms with Gasteiger partial charge in [0.2, 0.25) is 0 Å². The Bertz CT molecular complexity index is 1300. The van der Waals surface area contributed by atoms with Crippen molar-refractivity contribution in [1.29, 1.82) is 0 Å². The second-order valence-electron chi connectivity index (χ2n) is 7.10. The van der Waals surface area contributed by atoms with E-state index in [9.17, 15) is 9.18 Å². The zero-order valence-corrected chi connectivity index (χ0v) is 19.5. The van der Waals surface area contributed by atoms with Gasteiger partial charge in [0.1, 0.15) is 16.6 Å². The standard InChI is InChI=1S/C22H17Cl3FN5O2/c1-13-9-14(23)5-6-20(13)33-12-30-8-7-19(28-30)22(32)27-21-17(25)11-31(29-21)10-15-16(24)3-2-4-18(15)26/h2-9,11H,10,12H2,1H3,(H,27,29,32). The first-order chi connectivity index (χ1) is 15.8. The van der Waals surface area contributed by atoms with Crippen molar-refractivity contribution in [2.24, 2.45) is 0 Å². The van der Waals surface area contributed by atoms with E-state index in [0.717, 1.165) is 5.56 Å². The van der Waals surface area contributed by atoms with E-state index >= 15 is 0 Å². The molecular formula is C22H17Cl3FN5O2. The normalized spacial score (nSPS) is 10.9. The number of halogens is 4. The third-order valence-corrected chi connectivity index (χ3v) is 5.56. The summed E-state index contributed by atoms with van der Waals surface area (Å²) in [5.74, 6) is -0.182. The average molecular weight is 509 g/mol. The highest BCUT2D eigenvalue weighted by molar-refractivity contribution is 6.33. The summed E-state index contributed by atoms with van der Waals surface area (Å²) in [5.41, 5.74) is 1.30. The van der Waals surface area contributed by atoms with Gasteiger partial charge in [-0.15, -0.1) is 0 Å². The number of hydrogen-bond acceptors (Lipinski definition) is 4. The molecule has 2 aromatic heterocycles. The summed E-state index contributed by atoms with van der Waals surface area (Å²) in [4.78, 5) is 12.6. The van der Waals surface area contributed by atoms with E-state index < -0.39 is 11.7 Å². The van der Waals surface area contributed by atoms with E-state index in [1.165, 1.54) is 33.8 Å². The topological polar surface area (TPSA) is 74.0 Å². The summed E-state index contributed by atoms with van der Waals surface area (Å²) in [6, 6.07) is 11.2. The van der Waals surface area contributed by atoms with Crippen LogP contribution in [0.2, 0.25) is 15.1 Å². The van der Waals surface area contributed by atoms with E-state index in [2.05, 4.69) is 15.5 Å². The van der Waals surface area contributed by atoms with Gasteiger partial charge in [0.15, 0.2) is 18.2 Å². The van der Waals surface area contributed by atoms with Crippen molar-refractivity contribution in [3.05, 3.63) is 92.6 Å². The zero-order valence-electron chi connectivity index (χ0n) is 17.2. The zero-order chi connectivity index (χ0) is 23.5. The van der Waals surface area contributed by atoms with Crippen molar-refractivity contribution in [2.45, 2.75) is 20.2 Å². The molecule has 0 aliphatic heterocycles. The summed E-state index contributed by atoms with van der Waals surface area (Å²) >= 11 is 18.2. The van der Waals surface area contributed by atoms with Crippen LogP contribution in [0.15, 0.2) is 54.9 Å². The molecule has 0 unspecified atom stereocenters. The summed E-state index contributed by atoms with van der Waals surface area (Å²) < 4.78 is 22.6. The van der Waals surface area contributed by atoms with Crippen LogP contribution in [-0.2, 0) is 13.3 Å². The lowest BCUT2D eigenvalue weighted by Crippen LogP contribution is -2.15. The van der Waals surface area contributed by atoms with Gasteiger partial charge in [-0.2, -0.15) is 10.2 Å². The van der Waals surface area contributed by atoms with E-state index in [0.29, 0.717) is 10.8 Å². The van der Waals surface area contributed by atoms with Gasteiger partial charge in [-0.05, 0) is 48.9 Å². The van der Waals surface area contributed by atoms with Gasteiger partial charge >= 0.3 is 0 Å². The molecule has 1 N–H and O–H groups in total. The number of carbonyl (C=O) groups excluding carboxylic acids is 1. The molecule has 33 heavy (non-hydrogen) atoms. The molecule has 0 aliphatic rings. The number of rotatable bonds is 7. The number of nitrogens with zero attached hydrogens (tertiary/aromatic N) is 4.